The van der Waals surface area contributed by atoms with E-state index in [1.54, 1.807) is 0 Å². The van der Waals surface area contributed by atoms with Crippen molar-refractivity contribution in [1.29, 1.82) is 0 Å². The van der Waals surface area contributed by atoms with Gasteiger partial charge < -0.3 is 0 Å². The normalized spacial score (nSPS) is 128. The van der Waals surface area contributed by atoms with Crippen molar-refractivity contribution >= 4 is 0 Å². The average Bonchev–Trinajstić information content (AvgIpc) is 3.23. The Morgan fingerprint density at radius 1 is 0.938 bits per heavy atom. The standard InChI is InChI=1S/C8H11O2.C5H5.Fe/c9-6-8(10)5-7-3-1-2-4-7;1-2-4-5-3-1;/h1-4,8-10H,5-6H2;1-5H;. The number of fused-ring (bicyclic) bond motifs is 10. The van der Waals surface area contributed by atoms with E-state index >= 15 is 0 Å². The molecule has 0 radical (unpaired) electrons. The van der Waals surface area contributed by atoms with Crippen LogP contribution in [0.2, 0.25) is 47.7 Å². The van der Waals surface area contributed by atoms with Gasteiger partial charge in [0.05, 0.1) is 0 Å². The molecule has 0 aromatic heterocycles. The fourth-order valence-electron chi connectivity index (χ4n) is 17.6. The summed E-state index contributed by atoms with van der Waals surface area (Å²) in [4.78, 5) is 12.1. The summed E-state index contributed by atoms with van der Waals surface area (Å²) < 4.78 is 0.807. The molecule has 10 aliphatic heterocycles. The first-order chi connectivity index (χ1) is 7.50. The average molecular weight is 260 g/mol. The van der Waals surface area contributed by atoms with Gasteiger partial charge in [-0.15, -0.1) is 0 Å². The van der Waals surface area contributed by atoms with Gasteiger partial charge in [0.25, 0.3) is 0 Å². The topological polar surface area (TPSA) is 40.5 Å². The first-order valence-corrected chi connectivity index (χ1v) is 13.3. The molecule has 5 unspecified atom stereocenters. The summed E-state index contributed by atoms with van der Waals surface area (Å²) in [6.07, 6.45) is 0.705. The van der Waals surface area contributed by atoms with E-state index in [-0.39, 0.29) is 12.7 Å². The molecule has 0 aromatic rings. The van der Waals surface area contributed by atoms with Gasteiger partial charge in [-0.25, -0.2) is 0 Å². The van der Waals surface area contributed by atoms with E-state index < -0.39 is 6.51 Å². The predicted molar refractivity (Wildman–Crippen MR) is 54.2 cm³/mol. The minimum atomic E-state index is -2.89. The van der Waals surface area contributed by atoms with Gasteiger partial charge in [0, 0.05) is 0 Å². The maximum atomic E-state index is 9.97. The second kappa shape index (κ2) is 0.462. The van der Waals surface area contributed by atoms with Crippen LogP contribution in [0, 0.1) is 0 Å². The van der Waals surface area contributed by atoms with Gasteiger partial charge in [0.15, 0.2) is 0 Å². The van der Waals surface area contributed by atoms with Crippen LogP contribution in [0.1, 0.15) is 6.42 Å². The van der Waals surface area contributed by atoms with Crippen molar-refractivity contribution in [3.63, 3.8) is 0 Å². The fraction of sp³-hybridized carbons (Fsp3) is 1.00. The first kappa shape index (κ1) is 6.06. The Bertz CT molecular complexity index is 836. The molecule has 3 heteroatoms. The summed E-state index contributed by atoms with van der Waals surface area (Å²) in [5.74, 6) is 0. The van der Waals surface area contributed by atoms with Gasteiger partial charge in [-0.05, 0) is 0 Å². The Kier molecular flexibility index (Phi) is 0.175. The molecule has 0 aliphatic carbocycles. The summed E-state index contributed by atoms with van der Waals surface area (Å²) in [7, 11) is 0. The van der Waals surface area contributed by atoms with Gasteiger partial charge >= 0.3 is 83.5 Å². The fourth-order valence-corrected chi connectivity index (χ4v) is 92.7. The molecule has 5 atom stereocenters. The van der Waals surface area contributed by atoms with Crippen molar-refractivity contribution in [1.82, 2.24) is 0 Å². The number of aliphatic hydroxyl groups is 2. The minimum absolute atomic E-state index is 0.0260. The molecule has 10 rings (SSSR count). The summed E-state index contributed by atoms with van der Waals surface area (Å²) >= 11 is 0. The molecule has 10 fully saturated rings. The SMILES string of the molecule is OCC(O)C[C]12[CH]3[CH]4[CH]5[CH]1[Fe]45321678[CH]2[CH]1[CH]6[CH]7[CH]28. The van der Waals surface area contributed by atoms with Crippen LogP contribution in [0.3, 0.4) is 0 Å². The van der Waals surface area contributed by atoms with E-state index in [0.717, 1.165) is 10.7 Å². The Labute approximate surface area is 83.7 Å². The van der Waals surface area contributed by atoms with E-state index in [1.807, 2.05) is 0 Å². The van der Waals surface area contributed by atoms with E-state index in [9.17, 15) is 10.2 Å². The summed E-state index contributed by atoms with van der Waals surface area (Å²) in [6, 6.07) is 0. The molecule has 10 saturated heterocycles. The second-order valence-corrected chi connectivity index (χ2v) is 34.5. The van der Waals surface area contributed by atoms with Gasteiger partial charge in [0.1, 0.15) is 0 Å². The molecule has 10 heterocycles. The van der Waals surface area contributed by atoms with Crippen molar-refractivity contribution < 1.29 is 16.7 Å². The molecular weight excluding hydrogens is 244 g/mol. The van der Waals surface area contributed by atoms with Crippen molar-refractivity contribution in [3.05, 3.63) is 0 Å². The molecule has 1 spiro atoms. The Morgan fingerprint density at radius 3 is 1.69 bits per heavy atom. The third-order valence-electron chi connectivity index (χ3n) is 15.7. The van der Waals surface area contributed by atoms with Crippen LogP contribution in [-0.2, 0) is 6.51 Å². The maximum absolute atomic E-state index is 9.97. The first-order valence-electron chi connectivity index (χ1n) is 7.00. The van der Waals surface area contributed by atoms with E-state index in [4.69, 9.17) is 0 Å². The summed E-state index contributed by atoms with van der Waals surface area (Å²) in [5.41, 5.74) is 0. The number of rotatable bonds is 3. The van der Waals surface area contributed by atoms with Crippen LogP contribution >= 0.6 is 0 Å². The summed E-state index contributed by atoms with van der Waals surface area (Å²) in [5, 5.41) is 19.2. The predicted octanol–water partition coefficient (Wildman–Crippen LogP) is 2.49. The van der Waals surface area contributed by atoms with Crippen LogP contribution in [0.4, 0.5) is 0 Å². The zero-order valence-electron chi connectivity index (χ0n) is 8.94. The van der Waals surface area contributed by atoms with Gasteiger partial charge in [0.2, 0.25) is 0 Å². The molecular formula is C13H16FeO2. The number of aliphatic hydroxyl groups excluding tert-OH is 2. The Balaban J connectivity index is 1.55. The second-order valence-electron chi connectivity index (χ2n) is 10.9. The molecule has 16 heavy (non-hydrogen) atoms. The molecule has 0 amide bonds. The third kappa shape index (κ3) is 0.0537. The van der Waals surface area contributed by atoms with Crippen LogP contribution in [-0.4, -0.2) is 22.9 Å². The van der Waals surface area contributed by atoms with Gasteiger partial charge in [-0.2, -0.15) is 0 Å². The Morgan fingerprint density at radius 2 is 1.44 bits per heavy atom. The molecule has 88 valence electrons. The van der Waals surface area contributed by atoms with Crippen molar-refractivity contribution in [3.8, 4) is 0 Å². The van der Waals surface area contributed by atoms with Crippen LogP contribution in [0.5, 0.6) is 0 Å². The van der Waals surface area contributed by atoms with Crippen molar-refractivity contribution in [2.24, 2.45) is 0 Å². The van der Waals surface area contributed by atoms with Crippen LogP contribution in [0.25, 0.3) is 0 Å². The molecule has 2 nitrogen and oxygen atoms in total. The van der Waals surface area contributed by atoms with E-state index in [1.165, 1.54) is 43.3 Å². The molecule has 2 N–H and O–H groups in total. The molecule has 0 aromatic carbocycles. The monoisotopic (exact) mass is 260 g/mol. The van der Waals surface area contributed by atoms with Crippen LogP contribution in [0.15, 0.2) is 0 Å². The number of hydrogen-bond donors (Lipinski definition) is 2. The zero-order chi connectivity index (χ0) is 10.0. The Hall–Kier alpha value is 0.439. The summed E-state index contributed by atoms with van der Waals surface area (Å²) in [6.45, 7) is -2.87. The number of hydrogen-bond acceptors (Lipinski definition) is 2. The van der Waals surface area contributed by atoms with E-state index in [2.05, 4.69) is 0 Å². The van der Waals surface area contributed by atoms with Crippen molar-refractivity contribution in [2.45, 2.75) is 60.2 Å². The van der Waals surface area contributed by atoms with Gasteiger partial charge in [-0.1, -0.05) is 0 Å². The third-order valence-corrected chi connectivity index (χ3v) is 58.7. The molecule has 0 bridgehead atoms. The van der Waals surface area contributed by atoms with E-state index in [0.29, 0.717) is 0 Å². The van der Waals surface area contributed by atoms with Crippen LogP contribution < -0.4 is 0 Å². The molecule has 0 saturated carbocycles. The molecule has 10 aliphatic rings. The van der Waals surface area contributed by atoms with Gasteiger partial charge in [-0.3, -0.25) is 0 Å². The zero-order valence-corrected chi connectivity index (χ0v) is 10.0. The quantitative estimate of drug-likeness (QED) is 0.765. The van der Waals surface area contributed by atoms with Crippen molar-refractivity contribution in [2.75, 3.05) is 6.61 Å².